The Morgan fingerprint density at radius 1 is 0.450 bits per heavy atom. The van der Waals surface area contributed by atoms with E-state index in [-0.39, 0.29) is 65.3 Å². The third kappa shape index (κ3) is 12.2. The highest BCUT2D eigenvalue weighted by Gasteiger charge is 2.25. The molecule has 0 aliphatic heterocycles. The third-order valence-electron chi connectivity index (χ3n) is 8.01. The lowest BCUT2D eigenvalue weighted by molar-refractivity contribution is -0.127. The molecule has 0 heterocycles. The van der Waals surface area contributed by atoms with E-state index in [2.05, 4.69) is 41.7 Å². The number of benzene rings is 5. The molecule has 2 atom stereocenters. The summed E-state index contributed by atoms with van der Waals surface area (Å²) in [6.45, 7) is 2.31. The average Bonchev–Trinajstić information content (AvgIpc) is 3.19. The smallest absolute Gasteiger partial charge is 0.258 e. The topological polar surface area (TPSA) is 200 Å². The maximum atomic E-state index is 13.1. The second kappa shape index (κ2) is 20.5. The van der Waals surface area contributed by atoms with E-state index in [4.69, 9.17) is 69.6 Å². The second-order valence-electron chi connectivity index (χ2n) is 12.5. The van der Waals surface area contributed by atoms with Gasteiger partial charge in [0, 0.05) is 21.4 Å². The second-order valence-corrected chi connectivity index (χ2v) is 15.0. The summed E-state index contributed by atoms with van der Waals surface area (Å²) in [5.41, 5.74) is 1.21. The predicted octanol–water partition coefficient (Wildman–Crippen LogP) is 11.5. The van der Waals surface area contributed by atoms with Crippen LogP contribution in [0.3, 0.4) is 0 Å². The lowest BCUT2D eigenvalue weighted by atomic mass is 10.1. The number of carbonyl (C=O) groups is 6. The van der Waals surface area contributed by atoms with Crippen molar-refractivity contribution in [3.8, 4) is 0 Å². The number of rotatable bonds is 14. The van der Waals surface area contributed by atoms with Crippen molar-refractivity contribution in [2.75, 3.05) is 21.3 Å². The van der Waals surface area contributed by atoms with Crippen molar-refractivity contribution in [3.63, 3.8) is 0 Å². The Hall–Kier alpha value is -5.74. The van der Waals surface area contributed by atoms with Gasteiger partial charge in [0.15, 0.2) is 11.6 Å². The molecular formula is C40H28Cl6N8O6. The van der Waals surface area contributed by atoms with Gasteiger partial charge in [-0.15, -0.1) is 0 Å². The zero-order chi connectivity index (χ0) is 43.7. The minimum Gasteiger partial charge on any atom is -0.324 e. The predicted molar refractivity (Wildman–Crippen MR) is 233 cm³/mol. The molecule has 0 bridgehead atoms. The largest absolute Gasteiger partial charge is 0.324 e. The van der Waals surface area contributed by atoms with Crippen molar-refractivity contribution < 1.29 is 28.8 Å². The molecule has 5 aromatic carbocycles. The number of amides is 4. The van der Waals surface area contributed by atoms with Gasteiger partial charge < -0.3 is 21.3 Å². The van der Waals surface area contributed by atoms with E-state index in [9.17, 15) is 28.8 Å². The lowest BCUT2D eigenvalue weighted by Crippen LogP contribution is -2.32. The first-order chi connectivity index (χ1) is 28.5. The number of nitrogens with one attached hydrogen (secondary N) is 4. The molecule has 60 heavy (non-hydrogen) atoms. The number of nitrogens with zero attached hydrogens (tertiary/aromatic N) is 4. The van der Waals surface area contributed by atoms with Crippen LogP contribution in [0.25, 0.3) is 0 Å². The molecule has 5 rings (SSSR count). The molecule has 4 N–H and O–H groups in total. The summed E-state index contributed by atoms with van der Waals surface area (Å²) in [5, 5.41) is 27.5. The fraction of sp³-hybridized carbons (Fsp3) is 0.100. The van der Waals surface area contributed by atoms with E-state index >= 15 is 0 Å². The van der Waals surface area contributed by atoms with E-state index in [1.54, 1.807) is 12.1 Å². The van der Waals surface area contributed by atoms with Crippen molar-refractivity contribution in [3.05, 3.63) is 138 Å². The number of ketones is 2. The Morgan fingerprint density at radius 3 is 1.15 bits per heavy atom. The van der Waals surface area contributed by atoms with E-state index < -0.39 is 47.3 Å². The maximum absolute atomic E-state index is 13.1. The standard InChI is InChI=1S/C40H28Cl6N8O6/c1-19(55)35(53-51-25-9-13-29(43)27(17-25)37(57)49-33-15-21(41)3-11-31(33)45)39(59)47-23-5-7-24(8-6-23)48-40(60)36(20(2)56)54-52-26-10-14-30(44)28(18-26)38(58)50-34-16-22(42)4-12-32(34)46/h3-18,35-36H,1-2H3,(H,47,59)(H,48,60)(H,49,57)(H,50,58). The van der Waals surface area contributed by atoms with Crippen molar-refractivity contribution in [1.82, 2.24) is 0 Å². The zero-order valence-corrected chi connectivity index (χ0v) is 35.4. The molecule has 5 aromatic rings. The Balaban J connectivity index is 1.21. The van der Waals surface area contributed by atoms with Gasteiger partial charge in [-0.2, -0.15) is 20.5 Å². The van der Waals surface area contributed by atoms with Gasteiger partial charge in [0.05, 0.1) is 54.0 Å². The van der Waals surface area contributed by atoms with Crippen LogP contribution in [0, 0.1) is 0 Å². The summed E-state index contributed by atoms with van der Waals surface area (Å²) in [5.74, 6) is -4.15. The minimum atomic E-state index is -1.57. The fourth-order valence-corrected chi connectivity index (χ4v) is 6.09. The summed E-state index contributed by atoms with van der Waals surface area (Å²) in [4.78, 5) is 77.0. The SMILES string of the molecule is CC(=O)C(N=Nc1ccc(Cl)c(C(=O)Nc2cc(Cl)ccc2Cl)c1)C(=O)Nc1ccc(NC(=O)C(N=Nc2ccc(Cl)c(C(=O)Nc3cc(Cl)ccc3Cl)c2)C(C)=O)cc1. The Labute approximate surface area is 371 Å². The van der Waals surface area contributed by atoms with Crippen LogP contribution in [-0.4, -0.2) is 47.3 Å². The van der Waals surface area contributed by atoms with Crippen LogP contribution < -0.4 is 21.3 Å². The van der Waals surface area contributed by atoms with Crippen LogP contribution in [0.5, 0.6) is 0 Å². The number of carbonyl (C=O) groups excluding carboxylic acids is 6. The van der Waals surface area contributed by atoms with Gasteiger partial charge in [-0.1, -0.05) is 69.6 Å². The molecule has 0 aliphatic rings. The highest BCUT2D eigenvalue weighted by atomic mass is 35.5. The van der Waals surface area contributed by atoms with Crippen LogP contribution >= 0.6 is 69.6 Å². The Kier molecular flexibility index (Phi) is 15.5. The summed E-state index contributed by atoms with van der Waals surface area (Å²) < 4.78 is 0. The molecular weight excluding hydrogens is 901 g/mol. The van der Waals surface area contributed by atoms with Gasteiger partial charge in [-0.25, -0.2) is 0 Å². The van der Waals surface area contributed by atoms with E-state index in [0.29, 0.717) is 10.0 Å². The van der Waals surface area contributed by atoms with E-state index in [0.717, 1.165) is 13.8 Å². The van der Waals surface area contributed by atoms with Crippen LogP contribution in [0.1, 0.15) is 34.6 Å². The fourth-order valence-electron chi connectivity index (χ4n) is 5.01. The molecule has 2 unspecified atom stereocenters. The van der Waals surface area contributed by atoms with Crippen molar-refractivity contribution in [2.45, 2.75) is 25.9 Å². The quantitative estimate of drug-likeness (QED) is 0.0630. The molecule has 4 amide bonds. The zero-order valence-electron chi connectivity index (χ0n) is 30.9. The minimum absolute atomic E-state index is 0.0108. The molecule has 0 saturated carbocycles. The van der Waals surface area contributed by atoms with Gasteiger partial charge >= 0.3 is 0 Å². The molecule has 306 valence electrons. The van der Waals surface area contributed by atoms with Crippen molar-refractivity contribution in [2.24, 2.45) is 20.5 Å². The molecule has 0 spiro atoms. The van der Waals surface area contributed by atoms with Crippen LogP contribution in [0.15, 0.2) is 118 Å². The Bertz CT molecular complexity index is 2410. The Morgan fingerprint density at radius 2 is 0.800 bits per heavy atom. The lowest BCUT2D eigenvalue weighted by Gasteiger charge is -2.12. The number of azo groups is 2. The van der Waals surface area contributed by atoms with Gasteiger partial charge in [-0.05, 0) is 111 Å². The summed E-state index contributed by atoms with van der Waals surface area (Å²) in [6.07, 6.45) is 0. The number of anilines is 4. The number of hydrogen-bond donors (Lipinski definition) is 4. The number of hydrogen-bond acceptors (Lipinski definition) is 10. The van der Waals surface area contributed by atoms with Crippen LogP contribution in [0.2, 0.25) is 30.1 Å². The van der Waals surface area contributed by atoms with Crippen molar-refractivity contribution in [1.29, 1.82) is 0 Å². The maximum Gasteiger partial charge on any atom is 0.258 e. The molecule has 0 aliphatic carbocycles. The monoisotopic (exact) mass is 926 g/mol. The van der Waals surface area contributed by atoms with Gasteiger partial charge in [0.25, 0.3) is 23.6 Å². The molecule has 20 heteroatoms. The normalized spacial score (nSPS) is 12.1. The van der Waals surface area contributed by atoms with E-state index in [1.165, 1.54) is 84.9 Å². The van der Waals surface area contributed by atoms with Gasteiger partial charge in [-0.3, -0.25) is 28.8 Å². The highest BCUT2D eigenvalue weighted by molar-refractivity contribution is 6.38. The summed E-state index contributed by atoms with van der Waals surface area (Å²) >= 11 is 36.8. The van der Waals surface area contributed by atoms with Crippen LogP contribution in [-0.2, 0) is 19.2 Å². The number of Topliss-reactive ketones (excluding diaryl/α,β-unsaturated/α-hetero) is 2. The molecule has 0 saturated heterocycles. The van der Waals surface area contributed by atoms with Gasteiger partial charge in [0.1, 0.15) is 0 Å². The summed E-state index contributed by atoms with van der Waals surface area (Å²) in [7, 11) is 0. The molecule has 0 fully saturated rings. The average molecular weight is 929 g/mol. The third-order valence-corrected chi connectivity index (χ3v) is 9.80. The highest BCUT2D eigenvalue weighted by Crippen LogP contribution is 2.30. The van der Waals surface area contributed by atoms with Gasteiger partial charge in [0.2, 0.25) is 12.1 Å². The molecule has 0 radical (unpaired) electrons. The first-order valence-corrected chi connectivity index (χ1v) is 19.4. The van der Waals surface area contributed by atoms with Crippen LogP contribution in [0.4, 0.5) is 34.1 Å². The first-order valence-electron chi connectivity index (χ1n) is 17.2. The molecule has 14 nitrogen and oxygen atoms in total. The first kappa shape index (κ1) is 45.3. The summed E-state index contributed by atoms with van der Waals surface area (Å²) in [6, 6.07) is 19.9. The van der Waals surface area contributed by atoms with E-state index in [1.807, 2.05) is 0 Å². The van der Waals surface area contributed by atoms with Crippen molar-refractivity contribution >= 4 is 139 Å². The number of halogens is 6. The molecule has 0 aromatic heterocycles.